The third-order valence-corrected chi connectivity index (χ3v) is 8.26. The summed E-state index contributed by atoms with van der Waals surface area (Å²) < 4.78 is 12.5. The Kier molecular flexibility index (Phi) is 8.68. The highest BCUT2D eigenvalue weighted by Crippen LogP contribution is 2.36. The second kappa shape index (κ2) is 11.6. The van der Waals surface area contributed by atoms with E-state index in [-0.39, 0.29) is 23.8 Å². The molecule has 1 heterocycles. The van der Waals surface area contributed by atoms with Gasteiger partial charge in [0.2, 0.25) is 11.8 Å². The minimum Gasteiger partial charge on any atom is -0.399 e. The predicted molar refractivity (Wildman–Crippen MR) is 152 cm³/mol. The maximum atomic E-state index is 13.9. The van der Waals surface area contributed by atoms with Crippen molar-refractivity contribution in [2.24, 2.45) is 5.92 Å². The second-order valence-corrected chi connectivity index (χ2v) is 12.1. The quantitative estimate of drug-likeness (QED) is 0.491. The molecule has 6 nitrogen and oxygen atoms in total. The molecular formula is C31H43BN2O4. The SMILES string of the molecule is CC(C)C(=O)N(Cc1ccccc1)C(C(=O)NC1CCCCC1)c1ccc(B2OC(C)(C)C(C)(C)O2)cc1. The second-order valence-electron chi connectivity index (χ2n) is 12.1. The van der Waals surface area contributed by atoms with Crippen molar-refractivity contribution in [2.45, 2.75) is 103 Å². The molecule has 0 spiro atoms. The van der Waals surface area contributed by atoms with Crippen LogP contribution in [0, 0.1) is 5.92 Å². The van der Waals surface area contributed by atoms with Crippen molar-refractivity contribution in [3.63, 3.8) is 0 Å². The topological polar surface area (TPSA) is 67.9 Å². The Morgan fingerprint density at radius 2 is 1.50 bits per heavy atom. The zero-order valence-corrected chi connectivity index (χ0v) is 23.8. The first-order valence-electron chi connectivity index (χ1n) is 14.1. The summed E-state index contributed by atoms with van der Waals surface area (Å²) in [5.41, 5.74) is 1.79. The summed E-state index contributed by atoms with van der Waals surface area (Å²) in [4.78, 5) is 29.2. The van der Waals surface area contributed by atoms with Gasteiger partial charge in [-0.1, -0.05) is 87.7 Å². The van der Waals surface area contributed by atoms with Crippen LogP contribution in [-0.2, 0) is 25.4 Å². The average Bonchev–Trinajstić information content (AvgIpc) is 3.11. The number of hydrogen-bond donors (Lipinski definition) is 1. The van der Waals surface area contributed by atoms with Gasteiger partial charge in [0, 0.05) is 18.5 Å². The van der Waals surface area contributed by atoms with E-state index in [2.05, 4.69) is 5.32 Å². The maximum Gasteiger partial charge on any atom is 0.494 e. The molecule has 1 aliphatic heterocycles. The Hall–Kier alpha value is -2.64. The Morgan fingerprint density at radius 1 is 0.921 bits per heavy atom. The van der Waals surface area contributed by atoms with Crippen LogP contribution in [0.15, 0.2) is 54.6 Å². The van der Waals surface area contributed by atoms with Gasteiger partial charge in [0.15, 0.2) is 0 Å². The van der Waals surface area contributed by atoms with E-state index in [1.165, 1.54) is 6.42 Å². The Bertz CT molecular complexity index is 1080. The number of carbonyl (C=O) groups excluding carboxylic acids is 2. The summed E-state index contributed by atoms with van der Waals surface area (Å²) in [5.74, 6) is -0.411. The van der Waals surface area contributed by atoms with Gasteiger partial charge in [-0.25, -0.2) is 0 Å². The molecule has 1 aliphatic carbocycles. The lowest BCUT2D eigenvalue weighted by Crippen LogP contribution is -2.48. The van der Waals surface area contributed by atoms with Crippen molar-refractivity contribution >= 4 is 24.4 Å². The number of carbonyl (C=O) groups is 2. The number of amides is 2. The lowest BCUT2D eigenvalue weighted by Gasteiger charge is -2.34. The minimum atomic E-state index is -0.737. The molecule has 4 rings (SSSR count). The summed E-state index contributed by atoms with van der Waals surface area (Å²) in [6, 6.07) is 17.1. The van der Waals surface area contributed by atoms with Crippen LogP contribution in [0.4, 0.5) is 0 Å². The van der Waals surface area contributed by atoms with Gasteiger partial charge >= 0.3 is 7.12 Å². The molecule has 2 aromatic rings. The largest absolute Gasteiger partial charge is 0.494 e. The molecule has 0 aromatic heterocycles. The first-order valence-corrected chi connectivity index (χ1v) is 14.1. The van der Waals surface area contributed by atoms with Gasteiger partial charge in [0.25, 0.3) is 0 Å². The number of rotatable bonds is 8. The Labute approximate surface area is 228 Å². The Balaban J connectivity index is 1.66. The van der Waals surface area contributed by atoms with Crippen LogP contribution < -0.4 is 10.8 Å². The van der Waals surface area contributed by atoms with Gasteiger partial charge in [-0.2, -0.15) is 0 Å². The molecule has 38 heavy (non-hydrogen) atoms. The third-order valence-electron chi connectivity index (χ3n) is 8.26. The Morgan fingerprint density at radius 3 is 2.05 bits per heavy atom. The van der Waals surface area contributed by atoms with Gasteiger partial charge < -0.3 is 19.5 Å². The van der Waals surface area contributed by atoms with Crippen LogP contribution in [0.5, 0.6) is 0 Å². The van der Waals surface area contributed by atoms with E-state index in [1.807, 2.05) is 96.1 Å². The fourth-order valence-electron chi connectivity index (χ4n) is 5.22. The minimum absolute atomic E-state index is 0.0484. The highest BCUT2D eigenvalue weighted by Gasteiger charge is 2.51. The highest BCUT2D eigenvalue weighted by atomic mass is 16.7. The van der Waals surface area contributed by atoms with E-state index in [0.717, 1.165) is 42.3 Å². The van der Waals surface area contributed by atoms with Crippen LogP contribution in [0.1, 0.15) is 90.8 Å². The first-order chi connectivity index (χ1) is 18.0. The molecule has 7 heteroatoms. The summed E-state index contributed by atoms with van der Waals surface area (Å²) >= 11 is 0. The van der Waals surface area contributed by atoms with Crippen molar-refractivity contribution < 1.29 is 18.9 Å². The van der Waals surface area contributed by atoms with Gasteiger partial charge in [-0.15, -0.1) is 0 Å². The van der Waals surface area contributed by atoms with Gasteiger partial charge in [-0.05, 0) is 57.1 Å². The summed E-state index contributed by atoms with van der Waals surface area (Å²) in [5, 5.41) is 3.29. The van der Waals surface area contributed by atoms with Crippen molar-refractivity contribution in [1.29, 1.82) is 0 Å². The monoisotopic (exact) mass is 518 g/mol. The number of benzene rings is 2. The van der Waals surface area contributed by atoms with Crippen LogP contribution in [0.25, 0.3) is 0 Å². The molecule has 1 unspecified atom stereocenters. The van der Waals surface area contributed by atoms with Gasteiger partial charge in [0.05, 0.1) is 11.2 Å². The molecule has 2 amide bonds. The van der Waals surface area contributed by atoms with Crippen molar-refractivity contribution in [3.8, 4) is 0 Å². The smallest absolute Gasteiger partial charge is 0.399 e. The molecule has 1 saturated heterocycles. The maximum absolute atomic E-state index is 13.9. The molecule has 2 aromatic carbocycles. The van der Waals surface area contributed by atoms with E-state index in [1.54, 1.807) is 4.90 Å². The van der Waals surface area contributed by atoms with E-state index < -0.39 is 24.4 Å². The van der Waals surface area contributed by atoms with Crippen LogP contribution >= 0.6 is 0 Å². The van der Waals surface area contributed by atoms with Crippen molar-refractivity contribution in [1.82, 2.24) is 10.2 Å². The summed E-state index contributed by atoms with van der Waals surface area (Å²) in [6.45, 7) is 12.3. The first kappa shape index (κ1) is 28.4. The molecule has 0 bridgehead atoms. The predicted octanol–water partition coefficient (Wildman–Crippen LogP) is 5.16. The molecule has 2 fully saturated rings. The van der Waals surface area contributed by atoms with Crippen LogP contribution in [0.3, 0.4) is 0 Å². The van der Waals surface area contributed by atoms with Crippen molar-refractivity contribution in [2.75, 3.05) is 0 Å². The van der Waals surface area contributed by atoms with E-state index >= 15 is 0 Å². The molecule has 1 atom stereocenters. The average molecular weight is 519 g/mol. The number of hydrogen-bond acceptors (Lipinski definition) is 4. The summed E-state index contributed by atoms with van der Waals surface area (Å²) in [7, 11) is -0.485. The van der Waals surface area contributed by atoms with Gasteiger partial charge in [0.1, 0.15) is 6.04 Å². The highest BCUT2D eigenvalue weighted by molar-refractivity contribution is 6.62. The normalized spacial score (nSPS) is 19.8. The standard InChI is InChI=1S/C31H43BN2O4/c1-22(2)29(36)34(21-23-13-9-7-10-14-23)27(28(35)33-26-15-11-8-12-16-26)24-17-19-25(20-18-24)32-37-30(3,4)31(5,6)38-32/h7,9-10,13-14,17-20,22,26-27H,8,11-12,15-16,21H2,1-6H3,(H,33,35). The molecule has 204 valence electrons. The van der Waals surface area contributed by atoms with Gasteiger partial charge in [-0.3, -0.25) is 9.59 Å². The zero-order chi connectivity index (χ0) is 27.5. The number of nitrogens with one attached hydrogen (secondary N) is 1. The third kappa shape index (κ3) is 6.32. The van der Waals surface area contributed by atoms with E-state index in [4.69, 9.17) is 9.31 Å². The molecular weight excluding hydrogens is 475 g/mol. The lowest BCUT2D eigenvalue weighted by atomic mass is 9.78. The molecule has 1 saturated carbocycles. The molecule has 1 N–H and O–H groups in total. The fraction of sp³-hybridized carbons (Fsp3) is 0.548. The lowest BCUT2D eigenvalue weighted by molar-refractivity contribution is -0.144. The molecule has 0 radical (unpaired) electrons. The van der Waals surface area contributed by atoms with E-state index in [0.29, 0.717) is 6.54 Å². The number of nitrogens with zero attached hydrogens (tertiary/aromatic N) is 1. The fourth-order valence-corrected chi connectivity index (χ4v) is 5.22. The molecule has 2 aliphatic rings. The van der Waals surface area contributed by atoms with Crippen molar-refractivity contribution in [3.05, 3.63) is 65.7 Å². The van der Waals surface area contributed by atoms with E-state index in [9.17, 15) is 9.59 Å². The van der Waals surface area contributed by atoms with Crippen LogP contribution in [-0.4, -0.2) is 41.1 Å². The zero-order valence-electron chi connectivity index (χ0n) is 23.8. The summed E-state index contributed by atoms with van der Waals surface area (Å²) in [6.07, 6.45) is 5.42. The van der Waals surface area contributed by atoms with Crippen LogP contribution in [0.2, 0.25) is 0 Å².